The number of carbonyl (C=O) groups excluding carboxylic acids is 1. The van der Waals surface area contributed by atoms with Gasteiger partial charge in [0.2, 0.25) is 0 Å². The van der Waals surface area contributed by atoms with E-state index < -0.39 is 5.97 Å². The lowest BCUT2D eigenvalue weighted by Gasteiger charge is -2.24. The number of esters is 1. The van der Waals surface area contributed by atoms with Gasteiger partial charge >= 0.3 is 5.97 Å². The first kappa shape index (κ1) is 15.1. The Morgan fingerprint density at radius 2 is 2.14 bits per heavy atom. The smallest absolute Gasteiger partial charge is 0.358 e. The van der Waals surface area contributed by atoms with Gasteiger partial charge in [-0.25, -0.2) is 9.78 Å². The molecule has 2 aromatic rings. The van der Waals surface area contributed by atoms with Crippen LogP contribution in [-0.2, 0) is 4.74 Å². The van der Waals surface area contributed by atoms with Crippen LogP contribution in [0.25, 0.3) is 0 Å². The summed E-state index contributed by atoms with van der Waals surface area (Å²) in [5.74, 6) is 0.114. The van der Waals surface area contributed by atoms with Crippen LogP contribution < -0.4 is 0 Å². The topological polar surface area (TPSA) is 44.1 Å². The van der Waals surface area contributed by atoms with Gasteiger partial charge in [0, 0.05) is 0 Å². The van der Waals surface area contributed by atoms with E-state index in [9.17, 15) is 4.79 Å². The molecule has 4 nitrogen and oxygen atoms in total. The molecule has 1 atom stereocenters. The highest BCUT2D eigenvalue weighted by Crippen LogP contribution is 2.28. The van der Waals surface area contributed by atoms with Gasteiger partial charge in [-0.3, -0.25) is 0 Å². The average molecular weight is 319 g/mol. The van der Waals surface area contributed by atoms with E-state index in [0.717, 1.165) is 18.4 Å². The molecule has 1 aliphatic carbocycles. The van der Waals surface area contributed by atoms with Crippen molar-refractivity contribution in [2.24, 2.45) is 5.92 Å². The second-order valence-corrected chi connectivity index (χ2v) is 6.13. The molecule has 0 N–H and O–H groups in total. The van der Waals surface area contributed by atoms with Crippen LogP contribution in [-0.4, -0.2) is 22.1 Å². The Bertz CT molecular complexity index is 650. The fraction of sp³-hybridized carbons (Fsp3) is 0.412. The number of hydrogen-bond donors (Lipinski definition) is 0. The SMILES string of the molecule is C[C@H](c1ccccc1)n1cnc(Cl)c1C(=O)OCC1CCC1. The van der Waals surface area contributed by atoms with Crippen LogP contribution in [0.2, 0.25) is 5.15 Å². The first-order valence-electron chi connectivity index (χ1n) is 7.61. The van der Waals surface area contributed by atoms with E-state index >= 15 is 0 Å². The van der Waals surface area contributed by atoms with Crippen molar-refractivity contribution in [3.05, 3.63) is 53.1 Å². The van der Waals surface area contributed by atoms with E-state index in [1.165, 1.54) is 6.42 Å². The van der Waals surface area contributed by atoms with E-state index in [0.29, 0.717) is 18.2 Å². The molecule has 5 heteroatoms. The van der Waals surface area contributed by atoms with Crippen molar-refractivity contribution in [3.63, 3.8) is 0 Å². The minimum atomic E-state index is -0.391. The van der Waals surface area contributed by atoms with Gasteiger partial charge in [-0.2, -0.15) is 0 Å². The molecule has 116 valence electrons. The van der Waals surface area contributed by atoms with Crippen LogP contribution in [0, 0.1) is 5.92 Å². The molecule has 0 spiro atoms. The van der Waals surface area contributed by atoms with E-state index in [1.54, 1.807) is 10.9 Å². The first-order valence-corrected chi connectivity index (χ1v) is 7.99. The molecule has 1 aliphatic rings. The second-order valence-electron chi connectivity index (χ2n) is 5.77. The Morgan fingerprint density at radius 3 is 2.77 bits per heavy atom. The Balaban J connectivity index is 1.79. The third kappa shape index (κ3) is 3.02. The van der Waals surface area contributed by atoms with Crippen molar-refractivity contribution in [2.75, 3.05) is 6.61 Å². The van der Waals surface area contributed by atoms with Crippen LogP contribution in [0.5, 0.6) is 0 Å². The first-order chi connectivity index (χ1) is 10.7. The van der Waals surface area contributed by atoms with Gasteiger partial charge in [-0.1, -0.05) is 48.4 Å². The molecule has 0 saturated heterocycles. The van der Waals surface area contributed by atoms with Gasteiger partial charge < -0.3 is 9.30 Å². The van der Waals surface area contributed by atoms with Crippen molar-refractivity contribution >= 4 is 17.6 Å². The van der Waals surface area contributed by atoms with Crippen LogP contribution in [0.15, 0.2) is 36.7 Å². The third-order valence-electron chi connectivity index (χ3n) is 4.32. The van der Waals surface area contributed by atoms with Crippen molar-refractivity contribution < 1.29 is 9.53 Å². The van der Waals surface area contributed by atoms with Gasteiger partial charge in [0.1, 0.15) is 0 Å². The summed E-state index contributed by atoms with van der Waals surface area (Å²) < 4.78 is 7.19. The lowest BCUT2D eigenvalue weighted by Crippen LogP contribution is -2.22. The number of nitrogens with zero attached hydrogens (tertiary/aromatic N) is 2. The maximum absolute atomic E-state index is 12.4. The zero-order valence-electron chi connectivity index (χ0n) is 12.5. The summed E-state index contributed by atoms with van der Waals surface area (Å²) >= 11 is 6.10. The lowest BCUT2D eigenvalue weighted by atomic mass is 9.86. The lowest BCUT2D eigenvalue weighted by molar-refractivity contribution is 0.0358. The Labute approximate surface area is 135 Å². The molecule has 0 bridgehead atoms. The summed E-state index contributed by atoms with van der Waals surface area (Å²) in [6.07, 6.45) is 5.10. The number of ether oxygens (including phenoxy) is 1. The number of rotatable bonds is 5. The van der Waals surface area contributed by atoms with Gasteiger partial charge in [0.05, 0.1) is 19.0 Å². The number of imidazole rings is 1. The molecule has 1 fully saturated rings. The highest BCUT2D eigenvalue weighted by atomic mass is 35.5. The summed E-state index contributed by atoms with van der Waals surface area (Å²) in [6.45, 7) is 2.48. The zero-order chi connectivity index (χ0) is 15.5. The van der Waals surface area contributed by atoms with Gasteiger partial charge in [0.15, 0.2) is 10.8 Å². The third-order valence-corrected chi connectivity index (χ3v) is 4.59. The second kappa shape index (κ2) is 6.53. The minimum Gasteiger partial charge on any atom is -0.461 e. The van der Waals surface area contributed by atoms with Crippen molar-refractivity contribution in [1.82, 2.24) is 9.55 Å². The van der Waals surface area contributed by atoms with E-state index in [1.807, 2.05) is 37.3 Å². The Kier molecular flexibility index (Phi) is 4.48. The van der Waals surface area contributed by atoms with Crippen LogP contribution in [0.1, 0.15) is 48.3 Å². The number of benzene rings is 1. The Morgan fingerprint density at radius 1 is 1.41 bits per heavy atom. The van der Waals surface area contributed by atoms with Gasteiger partial charge in [-0.15, -0.1) is 0 Å². The number of hydrogen-bond acceptors (Lipinski definition) is 3. The Hall–Kier alpha value is -1.81. The molecule has 0 amide bonds. The maximum Gasteiger partial charge on any atom is 0.358 e. The normalized spacial score (nSPS) is 16.1. The van der Waals surface area contributed by atoms with Crippen LogP contribution in [0.3, 0.4) is 0 Å². The van der Waals surface area contributed by atoms with Crippen molar-refractivity contribution in [2.45, 2.75) is 32.2 Å². The average Bonchev–Trinajstić information content (AvgIpc) is 2.87. The van der Waals surface area contributed by atoms with Gasteiger partial charge in [-0.05, 0) is 31.2 Å². The monoisotopic (exact) mass is 318 g/mol. The fourth-order valence-electron chi connectivity index (χ4n) is 2.64. The molecule has 0 radical (unpaired) electrons. The van der Waals surface area contributed by atoms with Crippen molar-refractivity contribution in [3.8, 4) is 0 Å². The highest BCUT2D eigenvalue weighted by molar-refractivity contribution is 6.32. The number of halogens is 1. The summed E-state index contributed by atoms with van der Waals surface area (Å²) in [5, 5.41) is 0.196. The molecule has 1 saturated carbocycles. The number of carbonyl (C=O) groups is 1. The quantitative estimate of drug-likeness (QED) is 0.779. The molecule has 0 unspecified atom stereocenters. The van der Waals surface area contributed by atoms with Gasteiger partial charge in [0.25, 0.3) is 0 Å². The predicted octanol–water partition coefficient (Wildman–Crippen LogP) is 4.10. The molecule has 1 heterocycles. The van der Waals surface area contributed by atoms with Crippen LogP contribution >= 0.6 is 11.6 Å². The molecule has 1 aromatic heterocycles. The molecule has 22 heavy (non-hydrogen) atoms. The van der Waals surface area contributed by atoms with Crippen molar-refractivity contribution in [1.29, 1.82) is 0 Å². The molecular formula is C17H19ClN2O2. The standard InChI is InChI=1S/C17H19ClN2O2/c1-12(14-8-3-2-4-9-14)20-11-19-16(18)15(20)17(21)22-10-13-6-5-7-13/h2-4,8-9,11-13H,5-7,10H2,1H3/t12-/m1/s1. The minimum absolute atomic E-state index is 0.0348. The van der Waals surface area contributed by atoms with E-state index in [4.69, 9.17) is 16.3 Å². The summed E-state index contributed by atoms with van der Waals surface area (Å²) in [6, 6.07) is 9.90. The highest BCUT2D eigenvalue weighted by Gasteiger charge is 2.25. The number of aromatic nitrogens is 2. The van der Waals surface area contributed by atoms with Crippen LogP contribution in [0.4, 0.5) is 0 Å². The molecule has 0 aliphatic heterocycles. The van der Waals surface area contributed by atoms with E-state index in [2.05, 4.69) is 4.98 Å². The molecule has 1 aromatic carbocycles. The van der Waals surface area contributed by atoms with E-state index in [-0.39, 0.29) is 11.2 Å². The predicted molar refractivity (Wildman–Crippen MR) is 85.1 cm³/mol. The fourth-order valence-corrected chi connectivity index (χ4v) is 2.85. The maximum atomic E-state index is 12.4. The summed E-state index contributed by atoms with van der Waals surface area (Å²) in [7, 11) is 0. The summed E-state index contributed by atoms with van der Waals surface area (Å²) in [5.41, 5.74) is 1.42. The molecule has 3 rings (SSSR count). The summed E-state index contributed by atoms with van der Waals surface area (Å²) in [4.78, 5) is 16.4. The molecular weight excluding hydrogens is 300 g/mol. The zero-order valence-corrected chi connectivity index (χ0v) is 13.3. The largest absolute Gasteiger partial charge is 0.461 e.